The van der Waals surface area contributed by atoms with Crippen LogP contribution in [0.15, 0.2) is 23.2 Å². The molecule has 0 unspecified atom stereocenters. The predicted octanol–water partition coefficient (Wildman–Crippen LogP) is 1.57. The molecule has 86 valence electrons. The number of imidazole rings is 1. The molecule has 6 heteroatoms. The van der Waals surface area contributed by atoms with Crippen LogP contribution in [-0.2, 0) is 4.74 Å². The van der Waals surface area contributed by atoms with Crippen LogP contribution in [0, 0.1) is 0 Å². The summed E-state index contributed by atoms with van der Waals surface area (Å²) in [6.45, 7) is 1.44. The molecular formula is C10H13BrN4O. The summed E-state index contributed by atoms with van der Waals surface area (Å²) in [5, 5.41) is 0. The zero-order valence-corrected chi connectivity index (χ0v) is 10.8. The second-order valence-corrected chi connectivity index (χ2v) is 4.27. The van der Waals surface area contributed by atoms with Crippen LogP contribution in [0.3, 0.4) is 0 Å². The van der Waals surface area contributed by atoms with Gasteiger partial charge in [0, 0.05) is 39.3 Å². The van der Waals surface area contributed by atoms with E-state index < -0.39 is 0 Å². The van der Waals surface area contributed by atoms with E-state index in [4.69, 9.17) is 4.74 Å². The van der Waals surface area contributed by atoms with Gasteiger partial charge in [-0.25, -0.2) is 9.97 Å². The molecule has 0 aliphatic rings. The van der Waals surface area contributed by atoms with Crippen molar-refractivity contribution in [3.63, 3.8) is 0 Å². The van der Waals surface area contributed by atoms with Gasteiger partial charge in [0.1, 0.15) is 4.60 Å². The van der Waals surface area contributed by atoms with E-state index in [1.54, 1.807) is 13.3 Å². The van der Waals surface area contributed by atoms with Gasteiger partial charge in [0.2, 0.25) is 0 Å². The third-order valence-electron chi connectivity index (χ3n) is 2.32. The highest BCUT2D eigenvalue weighted by molar-refractivity contribution is 9.10. The van der Waals surface area contributed by atoms with Gasteiger partial charge in [0.25, 0.3) is 0 Å². The predicted molar refractivity (Wildman–Crippen MR) is 65.8 cm³/mol. The molecule has 2 aromatic heterocycles. The average Bonchev–Trinajstić information content (AvgIpc) is 2.72. The van der Waals surface area contributed by atoms with Crippen molar-refractivity contribution in [2.75, 3.05) is 32.2 Å². The van der Waals surface area contributed by atoms with E-state index in [1.807, 2.05) is 28.7 Å². The standard InChI is InChI=1S/C10H13BrN4O/c1-14(5-6-16-2)10-9-12-3-4-15(9)7-8(11)13-10/h3-4,7H,5-6H2,1-2H3. The van der Waals surface area contributed by atoms with E-state index in [0.717, 1.165) is 22.6 Å². The number of aromatic nitrogens is 3. The Morgan fingerprint density at radius 1 is 1.56 bits per heavy atom. The van der Waals surface area contributed by atoms with Gasteiger partial charge >= 0.3 is 0 Å². The highest BCUT2D eigenvalue weighted by Gasteiger charge is 2.10. The Labute approximate surface area is 102 Å². The van der Waals surface area contributed by atoms with Crippen molar-refractivity contribution in [3.8, 4) is 0 Å². The Kier molecular flexibility index (Phi) is 3.40. The minimum Gasteiger partial charge on any atom is -0.383 e. The summed E-state index contributed by atoms with van der Waals surface area (Å²) in [6.07, 6.45) is 5.54. The van der Waals surface area contributed by atoms with Gasteiger partial charge in [-0.2, -0.15) is 0 Å². The molecule has 0 saturated heterocycles. The van der Waals surface area contributed by atoms with Crippen LogP contribution in [0.1, 0.15) is 0 Å². The number of hydrogen-bond acceptors (Lipinski definition) is 4. The van der Waals surface area contributed by atoms with E-state index in [1.165, 1.54) is 0 Å². The van der Waals surface area contributed by atoms with Gasteiger partial charge in [-0.05, 0) is 15.9 Å². The number of halogens is 1. The third kappa shape index (κ3) is 2.17. The van der Waals surface area contributed by atoms with Crippen LogP contribution in [0.2, 0.25) is 0 Å². The molecule has 0 amide bonds. The fourth-order valence-corrected chi connectivity index (χ4v) is 1.86. The molecule has 0 aromatic carbocycles. The summed E-state index contributed by atoms with van der Waals surface area (Å²) in [5.41, 5.74) is 0.849. The summed E-state index contributed by atoms with van der Waals surface area (Å²) < 4.78 is 7.78. The fourth-order valence-electron chi connectivity index (χ4n) is 1.48. The number of ether oxygens (including phenoxy) is 1. The lowest BCUT2D eigenvalue weighted by molar-refractivity contribution is 0.206. The van der Waals surface area contributed by atoms with Crippen molar-refractivity contribution in [2.45, 2.75) is 0 Å². The van der Waals surface area contributed by atoms with Gasteiger partial charge in [-0.15, -0.1) is 0 Å². The number of methoxy groups -OCH3 is 1. The van der Waals surface area contributed by atoms with Crippen LogP contribution in [-0.4, -0.2) is 41.7 Å². The Morgan fingerprint density at radius 2 is 2.38 bits per heavy atom. The zero-order chi connectivity index (χ0) is 11.5. The minimum absolute atomic E-state index is 0.664. The first kappa shape index (κ1) is 11.3. The number of likely N-dealkylation sites (N-methyl/N-ethyl adjacent to an activating group) is 1. The molecule has 5 nitrogen and oxygen atoms in total. The molecular weight excluding hydrogens is 272 g/mol. The lowest BCUT2D eigenvalue weighted by atomic mass is 10.5. The van der Waals surface area contributed by atoms with Crippen LogP contribution in [0.4, 0.5) is 5.82 Å². The SMILES string of the molecule is COCCN(C)c1nc(Br)cn2ccnc12. The molecule has 0 radical (unpaired) electrons. The molecule has 0 N–H and O–H groups in total. The molecule has 0 fully saturated rings. The van der Waals surface area contributed by atoms with Crippen molar-refractivity contribution in [1.82, 2.24) is 14.4 Å². The Balaban J connectivity index is 2.38. The van der Waals surface area contributed by atoms with Crippen molar-refractivity contribution >= 4 is 27.4 Å². The number of nitrogens with zero attached hydrogens (tertiary/aromatic N) is 4. The van der Waals surface area contributed by atoms with Crippen molar-refractivity contribution in [3.05, 3.63) is 23.2 Å². The Morgan fingerprint density at radius 3 is 3.12 bits per heavy atom. The van der Waals surface area contributed by atoms with Gasteiger partial charge in [-0.1, -0.05) is 0 Å². The molecule has 16 heavy (non-hydrogen) atoms. The van der Waals surface area contributed by atoms with Crippen LogP contribution in [0.25, 0.3) is 5.65 Å². The summed E-state index contributed by atoms with van der Waals surface area (Å²) >= 11 is 3.39. The molecule has 0 saturated carbocycles. The summed E-state index contributed by atoms with van der Waals surface area (Å²) in [7, 11) is 3.66. The van der Waals surface area contributed by atoms with E-state index in [0.29, 0.717) is 6.61 Å². The molecule has 0 spiro atoms. The average molecular weight is 285 g/mol. The quantitative estimate of drug-likeness (QED) is 0.855. The van der Waals surface area contributed by atoms with Crippen molar-refractivity contribution in [2.24, 2.45) is 0 Å². The van der Waals surface area contributed by atoms with Gasteiger partial charge in [0.05, 0.1) is 6.61 Å². The molecule has 2 heterocycles. The van der Waals surface area contributed by atoms with Crippen molar-refractivity contribution in [1.29, 1.82) is 0 Å². The second-order valence-electron chi connectivity index (χ2n) is 3.46. The van der Waals surface area contributed by atoms with E-state index in [9.17, 15) is 0 Å². The normalized spacial score (nSPS) is 10.9. The molecule has 0 aliphatic heterocycles. The Bertz CT molecular complexity index is 485. The maximum Gasteiger partial charge on any atom is 0.180 e. The number of hydrogen-bond donors (Lipinski definition) is 0. The topological polar surface area (TPSA) is 42.7 Å². The molecule has 0 atom stereocenters. The first-order chi connectivity index (χ1) is 7.72. The maximum atomic E-state index is 5.05. The minimum atomic E-state index is 0.664. The van der Waals surface area contributed by atoms with Crippen molar-refractivity contribution < 1.29 is 4.74 Å². The fraction of sp³-hybridized carbons (Fsp3) is 0.400. The van der Waals surface area contributed by atoms with E-state index in [2.05, 4.69) is 25.9 Å². The number of rotatable bonds is 4. The first-order valence-electron chi connectivity index (χ1n) is 4.91. The highest BCUT2D eigenvalue weighted by atomic mass is 79.9. The lowest BCUT2D eigenvalue weighted by Gasteiger charge is -2.18. The maximum absolute atomic E-state index is 5.05. The number of anilines is 1. The van der Waals surface area contributed by atoms with E-state index >= 15 is 0 Å². The van der Waals surface area contributed by atoms with Crippen LogP contribution in [0.5, 0.6) is 0 Å². The second kappa shape index (κ2) is 4.80. The largest absolute Gasteiger partial charge is 0.383 e. The zero-order valence-electron chi connectivity index (χ0n) is 9.22. The lowest BCUT2D eigenvalue weighted by Crippen LogP contribution is -2.23. The highest BCUT2D eigenvalue weighted by Crippen LogP contribution is 2.19. The molecule has 2 aromatic rings. The monoisotopic (exact) mass is 284 g/mol. The van der Waals surface area contributed by atoms with Gasteiger partial charge in [-0.3, -0.25) is 0 Å². The molecule has 0 aliphatic carbocycles. The van der Waals surface area contributed by atoms with Gasteiger partial charge in [0.15, 0.2) is 11.5 Å². The smallest absolute Gasteiger partial charge is 0.180 e. The molecule has 2 rings (SSSR count). The summed E-state index contributed by atoms with van der Waals surface area (Å²) in [4.78, 5) is 10.7. The van der Waals surface area contributed by atoms with Crippen LogP contribution < -0.4 is 4.90 Å². The summed E-state index contributed by atoms with van der Waals surface area (Å²) in [5.74, 6) is 0.844. The van der Waals surface area contributed by atoms with Crippen LogP contribution >= 0.6 is 15.9 Å². The first-order valence-corrected chi connectivity index (χ1v) is 5.71. The summed E-state index contributed by atoms with van der Waals surface area (Å²) in [6, 6.07) is 0. The third-order valence-corrected chi connectivity index (χ3v) is 2.70. The molecule has 0 bridgehead atoms. The Hall–Kier alpha value is -1.14. The van der Waals surface area contributed by atoms with Gasteiger partial charge < -0.3 is 14.0 Å². The van der Waals surface area contributed by atoms with E-state index in [-0.39, 0.29) is 0 Å². The number of fused-ring (bicyclic) bond motifs is 1.